The summed E-state index contributed by atoms with van der Waals surface area (Å²) in [7, 11) is 1.92. The van der Waals surface area contributed by atoms with Gasteiger partial charge < -0.3 is 23.7 Å². The number of carbonyl (C=O) groups excluding carboxylic acids is 2. The molecule has 2 aliphatic rings. The number of aromatic nitrogens is 1. The molecule has 2 aliphatic heterocycles. The fourth-order valence-corrected chi connectivity index (χ4v) is 5.25. The zero-order valence-corrected chi connectivity index (χ0v) is 19.4. The van der Waals surface area contributed by atoms with E-state index in [0.717, 1.165) is 34.2 Å². The van der Waals surface area contributed by atoms with Crippen molar-refractivity contribution in [3.8, 4) is 5.75 Å². The first-order valence-corrected chi connectivity index (χ1v) is 11.6. The number of rotatable bonds is 4. The Hall–Kier alpha value is -4.26. The molecule has 2 unspecified atom stereocenters. The molecule has 4 aromatic rings. The number of furan rings is 1. The maximum atomic E-state index is 13.4. The third-order valence-corrected chi connectivity index (χ3v) is 6.84. The predicted molar refractivity (Wildman–Crippen MR) is 130 cm³/mol. The Bertz CT molecular complexity index is 1510. The van der Waals surface area contributed by atoms with Crippen LogP contribution in [0.5, 0.6) is 5.75 Å². The number of Topliss-reactive ketones (excluding diaryl/α,β-unsaturated/α-hetero) is 1. The van der Waals surface area contributed by atoms with E-state index in [1.54, 1.807) is 24.3 Å². The van der Waals surface area contributed by atoms with E-state index in [1.807, 2.05) is 55.1 Å². The van der Waals surface area contributed by atoms with Gasteiger partial charge in [-0.25, -0.2) is 0 Å². The van der Waals surface area contributed by atoms with E-state index >= 15 is 0 Å². The molecule has 1 fully saturated rings. The second-order valence-corrected chi connectivity index (χ2v) is 9.17. The van der Waals surface area contributed by atoms with Crippen LogP contribution in [0.4, 0.5) is 0 Å². The largest absolute Gasteiger partial charge is 0.507 e. The summed E-state index contributed by atoms with van der Waals surface area (Å²) in [6, 6.07) is 15.9. The van der Waals surface area contributed by atoms with Crippen molar-refractivity contribution in [1.82, 2.24) is 9.47 Å². The van der Waals surface area contributed by atoms with Crippen molar-refractivity contribution in [2.75, 3.05) is 0 Å². The monoisotopic (exact) mass is 468 g/mol. The van der Waals surface area contributed by atoms with Gasteiger partial charge in [0, 0.05) is 41.7 Å². The first kappa shape index (κ1) is 21.3. The zero-order chi connectivity index (χ0) is 24.3. The van der Waals surface area contributed by atoms with Crippen molar-refractivity contribution < 1.29 is 23.8 Å². The lowest BCUT2D eigenvalue weighted by molar-refractivity contribution is -0.140. The minimum atomic E-state index is -0.769. The summed E-state index contributed by atoms with van der Waals surface area (Å²) < 4.78 is 13.2. The maximum absolute atomic E-state index is 13.4. The van der Waals surface area contributed by atoms with E-state index in [1.165, 1.54) is 11.2 Å². The van der Waals surface area contributed by atoms with Crippen LogP contribution in [-0.4, -0.2) is 32.4 Å². The number of nitrogens with zero attached hydrogens (tertiary/aromatic N) is 2. The van der Waals surface area contributed by atoms with Crippen molar-refractivity contribution in [3.63, 3.8) is 0 Å². The van der Waals surface area contributed by atoms with Crippen LogP contribution >= 0.6 is 0 Å². The third kappa shape index (κ3) is 3.34. The number of ketones is 1. The summed E-state index contributed by atoms with van der Waals surface area (Å²) >= 11 is 0. The van der Waals surface area contributed by atoms with Crippen LogP contribution in [0.15, 0.2) is 77.0 Å². The Morgan fingerprint density at radius 2 is 1.94 bits per heavy atom. The highest BCUT2D eigenvalue weighted by Crippen LogP contribution is 2.43. The number of para-hydroxylation sites is 1. The Morgan fingerprint density at radius 3 is 2.74 bits per heavy atom. The Kier molecular flexibility index (Phi) is 4.81. The van der Waals surface area contributed by atoms with Gasteiger partial charge in [0.2, 0.25) is 0 Å². The van der Waals surface area contributed by atoms with Crippen LogP contribution in [0.3, 0.4) is 0 Å². The second kappa shape index (κ2) is 7.91. The number of hydrogen-bond acceptors (Lipinski definition) is 5. The molecule has 2 aromatic carbocycles. The number of hydrogen-bond donors (Lipinski definition) is 1. The molecule has 0 aliphatic carbocycles. The van der Waals surface area contributed by atoms with Gasteiger partial charge in [-0.1, -0.05) is 18.2 Å². The number of aliphatic hydroxyl groups excluding tert-OH is 1. The molecule has 1 amide bonds. The standard InChI is InChI=1S/C28H24N2O5/c1-16-12-18-13-17(9-10-23(18)35-16)26(31)24-25(21-15-29(2)22-8-4-3-7-20(21)22)30(28(33)27(24)32)14-19-6-5-11-34-19/h3-11,13,15-16,25,31H,12,14H2,1-2H3/b26-24+. The van der Waals surface area contributed by atoms with Crippen LogP contribution in [-0.2, 0) is 29.6 Å². The number of ether oxygens (including phenoxy) is 1. The molecule has 2 aromatic heterocycles. The molecule has 176 valence electrons. The Morgan fingerprint density at radius 1 is 1.11 bits per heavy atom. The van der Waals surface area contributed by atoms with Crippen molar-refractivity contribution in [2.24, 2.45) is 7.05 Å². The van der Waals surface area contributed by atoms with Gasteiger partial charge >= 0.3 is 0 Å². The molecule has 2 atom stereocenters. The molecular weight excluding hydrogens is 444 g/mol. The molecule has 7 heteroatoms. The van der Waals surface area contributed by atoms with E-state index in [-0.39, 0.29) is 24.0 Å². The van der Waals surface area contributed by atoms with Gasteiger partial charge in [0.05, 0.1) is 24.4 Å². The number of aliphatic hydroxyl groups is 1. The predicted octanol–water partition coefficient (Wildman–Crippen LogP) is 4.72. The maximum Gasteiger partial charge on any atom is 0.296 e. The average molecular weight is 469 g/mol. The number of likely N-dealkylation sites (tertiary alicyclic amines) is 1. The summed E-state index contributed by atoms with van der Waals surface area (Å²) in [5.74, 6) is -0.236. The lowest BCUT2D eigenvalue weighted by atomic mass is 9.94. The number of aryl methyl sites for hydroxylation is 1. The van der Waals surface area contributed by atoms with Crippen molar-refractivity contribution in [1.29, 1.82) is 0 Å². The minimum Gasteiger partial charge on any atom is -0.507 e. The van der Waals surface area contributed by atoms with Crippen molar-refractivity contribution >= 4 is 28.4 Å². The molecule has 7 nitrogen and oxygen atoms in total. The number of fused-ring (bicyclic) bond motifs is 2. The van der Waals surface area contributed by atoms with Crippen molar-refractivity contribution in [2.45, 2.75) is 32.0 Å². The normalized spacial score (nSPS) is 21.0. The summed E-state index contributed by atoms with van der Waals surface area (Å²) in [4.78, 5) is 28.2. The van der Waals surface area contributed by atoms with Gasteiger partial charge in [0.15, 0.2) is 0 Å². The second-order valence-electron chi connectivity index (χ2n) is 9.17. The van der Waals surface area contributed by atoms with Gasteiger partial charge in [-0.05, 0) is 48.9 Å². The summed E-state index contributed by atoms with van der Waals surface area (Å²) in [6.45, 7) is 2.10. The fraction of sp³-hybridized carbons (Fsp3) is 0.214. The topological polar surface area (TPSA) is 84.9 Å². The van der Waals surface area contributed by atoms with Crippen LogP contribution in [0.2, 0.25) is 0 Å². The van der Waals surface area contributed by atoms with E-state index in [0.29, 0.717) is 11.3 Å². The first-order valence-electron chi connectivity index (χ1n) is 11.6. The lowest BCUT2D eigenvalue weighted by Gasteiger charge is -2.24. The van der Waals surface area contributed by atoms with Crippen molar-refractivity contribution in [3.05, 3.63) is 95.1 Å². The van der Waals surface area contributed by atoms with Crippen LogP contribution < -0.4 is 4.74 Å². The summed E-state index contributed by atoms with van der Waals surface area (Å²) in [5.41, 5.74) is 3.27. The highest BCUT2D eigenvalue weighted by Gasteiger charge is 2.47. The minimum absolute atomic E-state index is 0.0527. The van der Waals surface area contributed by atoms with E-state index in [2.05, 4.69) is 0 Å². The molecule has 6 rings (SSSR count). The smallest absolute Gasteiger partial charge is 0.296 e. The lowest BCUT2D eigenvalue weighted by Crippen LogP contribution is -2.29. The van der Waals surface area contributed by atoms with Crippen LogP contribution in [0, 0.1) is 0 Å². The van der Waals surface area contributed by atoms with E-state index in [9.17, 15) is 14.7 Å². The van der Waals surface area contributed by atoms with Crippen LogP contribution in [0.25, 0.3) is 16.7 Å². The number of amides is 1. The van der Waals surface area contributed by atoms with Crippen LogP contribution in [0.1, 0.15) is 35.4 Å². The molecule has 1 N–H and O–H groups in total. The molecule has 0 bridgehead atoms. The van der Waals surface area contributed by atoms with Gasteiger partial charge in [-0.15, -0.1) is 0 Å². The van der Waals surface area contributed by atoms with Gasteiger partial charge in [0.25, 0.3) is 11.7 Å². The first-order chi connectivity index (χ1) is 16.9. The third-order valence-electron chi connectivity index (χ3n) is 6.84. The zero-order valence-electron chi connectivity index (χ0n) is 19.4. The quantitative estimate of drug-likeness (QED) is 0.266. The summed E-state index contributed by atoms with van der Waals surface area (Å²) in [6.07, 6.45) is 4.22. The molecule has 1 saturated heterocycles. The van der Waals surface area contributed by atoms with E-state index < -0.39 is 17.7 Å². The molecule has 35 heavy (non-hydrogen) atoms. The molecule has 0 radical (unpaired) electrons. The molecular formula is C28H24N2O5. The fourth-order valence-electron chi connectivity index (χ4n) is 5.25. The number of benzene rings is 2. The number of carbonyl (C=O) groups is 2. The molecule has 4 heterocycles. The van der Waals surface area contributed by atoms with Gasteiger partial charge in [-0.2, -0.15) is 0 Å². The molecule has 0 saturated carbocycles. The van der Waals surface area contributed by atoms with E-state index in [4.69, 9.17) is 9.15 Å². The average Bonchev–Trinajstić information content (AvgIpc) is 3.62. The highest BCUT2D eigenvalue weighted by atomic mass is 16.5. The summed E-state index contributed by atoms with van der Waals surface area (Å²) in [5, 5.41) is 12.4. The Labute approximate surface area is 201 Å². The van der Waals surface area contributed by atoms with Gasteiger partial charge in [0.1, 0.15) is 23.4 Å². The highest BCUT2D eigenvalue weighted by molar-refractivity contribution is 6.46. The SMILES string of the molecule is CC1Cc2cc(/C(O)=C3\C(=O)C(=O)N(Cc4ccco4)C3c3cn(C)c4ccccc34)ccc2O1. The Balaban J connectivity index is 1.55. The van der Waals surface area contributed by atoms with Gasteiger partial charge in [-0.3, -0.25) is 9.59 Å². The molecule has 0 spiro atoms.